The zero-order chi connectivity index (χ0) is 12.1. The van der Waals surface area contributed by atoms with Gasteiger partial charge >= 0.3 is 0 Å². The molecule has 1 aromatic heterocycles. The molecule has 0 aliphatic carbocycles. The number of imidazole rings is 1. The molecule has 0 aromatic carbocycles. The summed E-state index contributed by atoms with van der Waals surface area (Å²) in [6, 6.07) is 0. The van der Waals surface area contributed by atoms with E-state index in [9.17, 15) is 4.79 Å². The maximum atomic E-state index is 11.8. The van der Waals surface area contributed by atoms with E-state index in [0.717, 1.165) is 25.5 Å². The summed E-state index contributed by atoms with van der Waals surface area (Å²) in [4.78, 5) is 16.0. The number of carbonyl (C=O) groups excluding carboxylic acids is 1. The first-order valence-electron chi connectivity index (χ1n) is 5.98. The quantitative estimate of drug-likeness (QED) is 0.731. The van der Waals surface area contributed by atoms with E-state index in [1.807, 2.05) is 11.5 Å². The number of ether oxygens (including phenoxy) is 1. The zero-order valence-electron chi connectivity index (χ0n) is 10.0. The number of hydrogen-bond donors (Lipinski definition) is 2. The van der Waals surface area contributed by atoms with Gasteiger partial charge in [0.15, 0.2) is 0 Å². The van der Waals surface area contributed by atoms with Crippen molar-refractivity contribution < 1.29 is 9.53 Å². The van der Waals surface area contributed by atoms with Gasteiger partial charge in [0.2, 0.25) is 5.95 Å². The summed E-state index contributed by atoms with van der Waals surface area (Å²) in [5.41, 5.74) is 0.464. The molecule has 0 saturated heterocycles. The Labute approximate surface area is 100 Å². The monoisotopic (exact) mass is 238 g/mol. The lowest BCUT2D eigenvalue weighted by molar-refractivity contribution is 0.0918. The summed E-state index contributed by atoms with van der Waals surface area (Å²) in [6.45, 7) is 5.48. The minimum atomic E-state index is -0.145. The van der Waals surface area contributed by atoms with E-state index in [4.69, 9.17) is 4.74 Å². The minimum Gasteiger partial charge on any atom is -0.380 e. The van der Waals surface area contributed by atoms with Gasteiger partial charge < -0.3 is 19.9 Å². The Balaban J connectivity index is 1.88. The first-order chi connectivity index (χ1) is 8.31. The van der Waals surface area contributed by atoms with Crippen molar-refractivity contribution in [2.24, 2.45) is 0 Å². The minimum absolute atomic E-state index is 0.145. The average Bonchev–Trinajstić information content (AvgIpc) is 2.78. The first-order valence-corrected chi connectivity index (χ1v) is 5.98. The Bertz CT molecular complexity index is 365. The van der Waals surface area contributed by atoms with E-state index in [1.54, 1.807) is 6.20 Å². The van der Waals surface area contributed by atoms with Crippen molar-refractivity contribution >= 4 is 11.9 Å². The van der Waals surface area contributed by atoms with Crippen molar-refractivity contribution in [3.63, 3.8) is 0 Å². The molecule has 1 amide bonds. The van der Waals surface area contributed by atoms with E-state index in [-0.39, 0.29) is 5.91 Å². The topological polar surface area (TPSA) is 68.2 Å². The number of hydrogen-bond acceptors (Lipinski definition) is 4. The highest BCUT2D eigenvalue weighted by Crippen LogP contribution is 2.13. The summed E-state index contributed by atoms with van der Waals surface area (Å²) in [5, 5.41) is 5.94. The average molecular weight is 238 g/mol. The van der Waals surface area contributed by atoms with Crippen LogP contribution >= 0.6 is 0 Å². The second-order valence-corrected chi connectivity index (χ2v) is 3.88. The number of anilines is 1. The van der Waals surface area contributed by atoms with Gasteiger partial charge in [0.05, 0.1) is 6.61 Å². The van der Waals surface area contributed by atoms with Crippen LogP contribution in [0.15, 0.2) is 6.20 Å². The van der Waals surface area contributed by atoms with Gasteiger partial charge in [0, 0.05) is 32.4 Å². The fourth-order valence-electron chi connectivity index (χ4n) is 1.76. The smallest absolute Gasteiger partial charge is 0.271 e. The lowest BCUT2D eigenvalue weighted by Gasteiger charge is -2.14. The summed E-state index contributed by atoms with van der Waals surface area (Å²) in [7, 11) is 0. The fraction of sp³-hybridized carbons (Fsp3) is 0.636. The zero-order valence-corrected chi connectivity index (χ0v) is 10.0. The third kappa shape index (κ3) is 2.97. The van der Waals surface area contributed by atoms with Crippen LogP contribution in [0, 0.1) is 0 Å². The van der Waals surface area contributed by atoms with Gasteiger partial charge in [-0.3, -0.25) is 4.79 Å². The van der Waals surface area contributed by atoms with Crippen molar-refractivity contribution in [3.8, 4) is 0 Å². The van der Waals surface area contributed by atoms with Crippen LogP contribution in [0.1, 0.15) is 23.8 Å². The number of nitrogens with one attached hydrogen (secondary N) is 2. The van der Waals surface area contributed by atoms with Crippen LogP contribution in [0.3, 0.4) is 0 Å². The van der Waals surface area contributed by atoms with Gasteiger partial charge in [0.25, 0.3) is 5.91 Å². The van der Waals surface area contributed by atoms with Crippen LogP contribution in [-0.4, -0.2) is 41.8 Å². The van der Waals surface area contributed by atoms with Crippen LogP contribution in [0.5, 0.6) is 0 Å². The number of nitrogens with zero attached hydrogens (tertiary/aromatic N) is 2. The molecule has 6 nitrogen and oxygen atoms in total. The van der Waals surface area contributed by atoms with Gasteiger partial charge in [-0.1, -0.05) is 0 Å². The Morgan fingerprint density at radius 1 is 1.71 bits per heavy atom. The largest absolute Gasteiger partial charge is 0.380 e. The van der Waals surface area contributed by atoms with Gasteiger partial charge in [-0.05, 0) is 13.3 Å². The predicted octanol–water partition coefficient (Wildman–Crippen LogP) is 0.465. The Hall–Kier alpha value is -1.56. The highest BCUT2D eigenvalue weighted by atomic mass is 16.5. The molecule has 1 aliphatic rings. The molecule has 17 heavy (non-hydrogen) atoms. The number of amides is 1. The van der Waals surface area contributed by atoms with E-state index < -0.39 is 0 Å². The summed E-state index contributed by atoms with van der Waals surface area (Å²) in [6.07, 6.45) is 2.85. The fourth-order valence-corrected chi connectivity index (χ4v) is 1.76. The number of rotatable bonds is 5. The highest BCUT2D eigenvalue weighted by molar-refractivity contribution is 5.92. The van der Waals surface area contributed by atoms with E-state index in [0.29, 0.717) is 25.5 Å². The molecule has 2 heterocycles. The second kappa shape index (κ2) is 5.67. The predicted molar refractivity (Wildman–Crippen MR) is 64.2 cm³/mol. The van der Waals surface area contributed by atoms with Crippen molar-refractivity contribution in [2.45, 2.75) is 19.9 Å². The van der Waals surface area contributed by atoms with Crippen LogP contribution in [0.2, 0.25) is 0 Å². The number of carbonyl (C=O) groups is 1. The normalized spacial score (nSPS) is 13.9. The molecule has 2 rings (SSSR count). The molecule has 0 radical (unpaired) electrons. The molecule has 6 heteroatoms. The van der Waals surface area contributed by atoms with Crippen molar-refractivity contribution in [3.05, 3.63) is 11.9 Å². The molecular formula is C11H18N4O2. The molecular weight excluding hydrogens is 220 g/mol. The van der Waals surface area contributed by atoms with Crippen LogP contribution in [0.25, 0.3) is 0 Å². The molecule has 0 unspecified atom stereocenters. The third-order valence-electron chi connectivity index (χ3n) is 2.60. The molecule has 0 saturated carbocycles. The van der Waals surface area contributed by atoms with Crippen molar-refractivity contribution in [1.29, 1.82) is 0 Å². The Morgan fingerprint density at radius 2 is 2.59 bits per heavy atom. The lowest BCUT2D eigenvalue weighted by Crippen LogP contribution is -2.27. The van der Waals surface area contributed by atoms with Crippen LogP contribution in [-0.2, 0) is 11.3 Å². The number of fused-ring (bicyclic) bond motifs is 1. The molecule has 0 spiro atoms. The van der Waals surface area contributed by atoms with Gasteiger partial charge in [-0.15, -0.1) is 0 Å². The first kappa shape index (κ1) is 11.9. The van der Waals surface area contributed by atoms with Gasteiger partial charge in [0.1, 0.15) is 5.69 Å². The van der Waals surface area contributed by atoms with E-state index >= 15 is 0 Å². The van der Waals surface area contributed by atoms with Gasteiger partial charge in [-0.25, -0.2) is 4.98 Å². The molecule has 0 bridgehead atoms. The summed E-state index contributed by atoms with van der Waals surface area (Å²) >= 11 is 0. The molecule has 1 aromatic rings. The van der Waals surface area contributed by atoms with Crippen molar-refractivity contribution in [1.82, 2.24) is 14.9 Å². The van der Waals surface area contributed by atoms with Gasteiger partial charge in [-0.2, -0.15) is 0 Å². The van der Waals surface area contributed by atoms with Crippen LogP contribution < -0.4 is 10.6 Å². The molecule has 0 atom stereocenters. The van der Waals surface area contributed by atoms with Crippen LogP contribution in [0.4, 0.5) is 5.95 Å². The summed E-state index contributed by atoms with van der Waals surface area (Å²) < 4.78 is 7.12. The maximum absolute atomic E-state index is 11.8. The van der Waals surface area contributed by atoms with Crippen molar-refractivity contribution in [2.75, 3.05) is 31.6 Å². The van der Waals surface area contributed by atoms with E-state index in [1.165, 1.54) is 0 Å². The standard InChI is InChI=1S/C11H18N4O2/c1-2-17-7-5-12-10(16)9-8-15-6-3-4-13-11(15)14-9/h8H,2-7H2,1H3,(H,12,16)(H,13,14). The molecule has 2 N–H and O–H groups in total. The maximum Gasteiger partial charge on any atom is 0.271 e. The lowest BCUT2D eigenvalue weighted by atomic mass is 10.4. The molecule has 1 aliphatic heterocycles. The Morgan fingerprint density at radius 3 is 3.35 bits per heavy atom. The van der Waals surface area contributed by atoms with E-state index in [2.05, 4.69) is 15.6 Å². The highest BCUT2D eigenvalue weighted by Gasteiger charge is 2.15. The number of aromatic nitrogens is 2. The molecule has 0 fully saturated rings. The number of aryl methyl sites for hydroxylation is 1. The SMILES string of the molecule is CCOCCNC(=O)c1cn2c(n1)NCCC2. The Kier molecular flexibility index (Phi) is 3.98. The second-order valence-electron chi connectivity index (χ2n) is 3.88. The molecule has 94 valence electrons. The summed E-state index contributed by atoms with van der Waals surface area (Å²) in [5.74, 6) is 0.639. The third-order valence-corrected chi connectivity index (χ3v) is 2.60.